The Morgan fingerprint density at radius 3 is 2.72 bits per heavy atom. The van der Waals surface area contributed by atoms with Crippen LogP contribution in [0.25, 0.3) is 10.9 Å². The monoisotopic (exact) mass is 579 g/mol. The number of aromatic nitrogens is 3. The first-order chi connectivity index (χ1) is 19.0. The Morgan fingerprint density at radius 2 is 1.90 bits per heavy atom. The van der Waals surface area contributed by atoms with Gasteiger partial charge in [0.15, 0.2) is 6.61 Å². The summed E-state index contributed by atoms with van der Waals surface area (Å²) in [4.78, 5) is 12.4. The number of carbonyl (C=O) groups is 1. The number of fused-ring (bicyclic) bond motifs is 1. The number of benzene rings is 3. The lowest BCUT2D eigenvalue weighted by Crippen LogP contribution is -2.19. The maximum atomic E-state index is 12.4. The Morgan fingerprint density at radius 1 is 1.10 bits per heavy atom. The summed E-state index contributed by atoms with van der Waals surface area (Å²) >= 11 is 13.1. The van der Waals surface area contributed by atoms with E-state index >= 15 is 0 Å². The third-order valence-corrected chi connectivity index (χ3v) is 7.22. The van der Waals surface area contributed by atoms with Crippen LogP contribution in [0.15, 0.2) is 87.5 Å². The quantitative estimate of drug-likeness (QED) is 0.115. The molecular formula is C28H23Cl2N5O3S. The highest BCUT2D eigenvalue weighted by Gasteiger charge is 2.14. The molecule has 2 aromatic heterocycles. The van der Waals surface area contributed by atoms with E-state index in [4.69, 9.17) is 32.4 Å². The molecule has 0 atom stereocenters. The molecule has 11 heteroatoms. The van der Waals surface area contributed by atoms with Gasteiger partial charge in [-0.05, 0) is 36.8 Å². The molecule has 8 nitrogen and oxygen atoms in total. The van der Waals surface area contributed by atoms with E-state index in [0.29, 0.717) is 15.8 Å². The second kappa shape index (κ2) is 12.4. The van der Waals surface area contributed by atoms with Crippen LogP contribution in [0.3, 0.4) is 0 Å². The predicted molar refractivity (Wildman–Crippen MR) is 154 cm³/mol. The number of nitrogens with one attached hydrogen (secondary N) is 1. The van der Waals surface area contributed by atoms with Gasteiger partial charge in [-0.15, -0.1) is 10.2 Å². The number of halogens is 2. The molecule has 3 aromatic carbocycles. The molecule has 0 bridgehead atoms. The molecule has 0 radical (unpaired) electrons. The van der Waals surface area contributed by atoms with E-state index < -0.39 is 0 Å². The fourth-order valence-electron chi connectivity index (χ4n) is 4.01. The molecule has 0 aliphatic heterocycles. The topological polar surface area (TPSA) is 94.5 Å². The van der Waals surface area contributed by atoms with Crippen molar-refractivity contribution in [3.63, 3.8) is 0 Å². The first-order valence-corrected chi connectivity index (χ1v) is 13.7. The number of ether oxygens (including phenoxy) is 1. The number of nitrogens with zero attached hydrogens (tertiary/aromatic N) is 4. The van der Waals surface area contributed by atoms with Gasteiger partial charge in [0.25, 0.3) is 17.0 Å². The molecule has 5 aromatic rings. The van der Waals surface area contributed by atoms with Gasteiger partial charge < -0.3 is 13.7 Å². The number of hydrogen-bond donors (Lipinski definition) is 1. The molecule has 0 unspecified atom stereocenters. The van der Waals surface area contributed by atoms with Crippen LogP contribution in [0.2, 0.25) is 10.0 Å². The molecule has 1 N–H and O–H groups in total. The van der Waals surface area contributed by atoms with Crippen LogP contribution in [0.4, 0.5) is 0 Å². The Balaban J connectivity index is 1.17. The molecule has 2 heterocycles. The van der Waals surface area contributed by atoms with Crippen molar-refractivity contribution in [2.45, 2.75) is 25.3 Å². The summed E-state index contributed by atoms with van der Waals surface area (Å²) in [6.45, 7) is 2.83. The number of rotatable bonds is 10. The molecule has 0 saturated heterocycles. The van der Waals surface area contributed by atoms with Crippen LogP contribution >= 0.6 is 35.0 Å². The molecule has 39 heavy (non-hydrogen) atoms. The van der Waals surface area contributed by atoms with Gasteiger partial charge in [-0.1, -0.05) is 83.5 Å². The Bertz CT molecular complexity index is 1640. The number of thioether (sulfide) groups is 1. The van der Waals surface area contributed by atoms with Gasteiger partial charge in [0.1, 0.15) is 5.75 Å². The Kier molecular flexibility index (Phi) is 8.51. The lowest BCUT2D eigenvalue weighted by molar-refractivity contribution is -0.118. The fourth-order valence-corrected chi connectivity index (χ4v) is 5.04. The van der Waals surface area contributed by atoms with Crippen molar-refractivity contribution in [3.05, 3.63) is 106 Å². The first-order valence-electron chi connectivity index (χ1n) is 11.9. The minimum Gasteiger partial charge on any atom is -0.482 e. The lowest BCUT2D eigenvalue weighted by Gasteiger charge is -2.08. The highest BCUT2D eigenvalue weighted by molar-refractivity contribution is 7.99. The number of carbonyl (C=O) groups excluding carboxylic acids is 1. The zero-order valence-electron chi connectivity index (χ0n) is 20.8. The van der Waals surface area contributed by atoms with Crippen molar-refractivity contribution in [1.29, 1.82) is 0 Å². The zero-order valence-corrected chi connectivity index (χ0v) is 23.1. The second-order valence-electron chi connectivity index (χ2n) is 8.49. The highest BCUT2D eigenvalue weighted by atomic mass is 35.5. The minimum atomic E-state index is -0.300. The number of amides is 1. The van der Waals surface area contributed by atoms with Crippen molar-refractivity contribution >= 4 is 58.0 Å². The van der Waals surface area contributed by atoms with Crippen LogP contribution in [-0.2, 0) is 17.9 Å². The molecule has 0 fully saturated rings. The SMILES string of the molecule is Cc1c(/C=N\NC(=O)CSc2nnc(COc3ccc(Cl)cc3Cl)o2)c2ccccc2n1Cc1ccccc1. The normalized spacial score (nSPS) is 11.4. The lowest BCUT2D eigenvalue weighted by atomic mass is 10.1. The molecule has 0 aliphatic carbocycles. The van der Waals surface area contributed by atoms with Crippen molar-refractivity contribution in [2.24, 2.45) is 5.10 Å². The summed E-state index contributed by atoms with van der Waals surface area (Å²) in [6.07, 6.45) is 1.69. The van der Waals surface area contributed by atoms with E-state index in [1.165, 1.54) is 5.56 Å². The van der Waals surface area contributed by atoms with Gasteiger partial charge in [-0.2, -0.15) is 5.10 Å². The maximum Gasteiger partial charge on any atom is 0.277 e. The van der Waals surface area contributed by atoms with Crippen LogP contribution in [0.5, 0.6) is 5.75 Å². The van der Waals surface area contributed by atoms with Gasteiger partial charge in [-0.3, -0.25) is 4.79 Å². The van der Waals surface area contributed by atoms with Crippen molar-refractivity contribution in [2.75, 3.05) is 5.75 Å². The van der Waals surface area contributed by atoms with E-state index in [1.807, 2.05) is 30.3 Å². The number of hydrogen-bond acceptors (Lipinski definition) is 7. The van der Waals surface area contributed by atoms with Crippen LogP contribution in [-0.4, -0.2) is 32.6 Å². The third-order valence-electron chi connectivity index (χ3n) is 5.87. The first kappa shape index (κ1) is 26.8. The van der Waals surface area contributed by atoms with Gasteiger partial charge in [0.05, 0.1) is 17.0 Å². The summed E-state index contributed by atoms with van der Waals surface area (Å²) in [7, 11) is 0. The molecule has 0 spiro atoms. The molecular weight excluding hydrogens is 557 g/mol. The fraction of sp³-hybridized carbons (Fsp3) is 0.143. The van der Waals surface area contributed by atoms with E-state index in [0.717, 1.165) is 40.5 Å². The highest BCUT2D eigenvalue weighted by Crippen LogP contribution is 2.28. The van der Waals surface area contributed by atoms with Crippen molar-refractivity contribution < 1.29 is 13.9 Å². The molecule has 1 amide bonds. The van der Waals surface area contributed by atoms with E-state index in [1.54, 1.807) is 24.4 Å². The second-order valence-corrected chi connectivity index (χ2v) is 10.3. The van der Waals surface area contributed by atoms with E-state index in [-0.39, 0.29) is 29.4 Å². The molecule has 198 valence electrons. The molecule has 0 aliphatic rings. The van der Waals surface area contributed by atoms with Gasteiger partial charge in [-0.25, -0.2) is 5.43 Å². The summed E-state index contributed by atoms with van der Waals surface area (Å²) in [5.74, 6) is 0.455. The predicted octanol–water partition coefficient (Wildman–Crippen LogP) is 6.51. The summed E-state index contributed by atoms with van der Waals surface area (Å²) in [5.41, 5.74) is 6.91. The van der Waals surface area contributed by atoms with Crippen molar-refractivity contribution in [3.8, 4) is 5.75 Å². The maximum absolute atomic E-state index is 12.4. The smallest absolute Gasteiger partial charge is 0.277 e. The van der Waals surface area contributed by atoms with Gasteiger partial charge >= 0.3 is 0 Å². The Hall–Kier alpha value is -3.79. The molecule has 5 rings (SSSR count). The van der Waals surface area contributed by atoms with E-state index in [9.17, 15) is 4.79 Å². The van der Waals surface area contributed by atoms with Crippen LogP contribution < -0.4 is 10.2 Å². The minimum absolute atomic E-state index is 0.0304. The van der Waals surface area contributed by atoms with Gasteiger partial charge in [0, 0.05) is 33.7 Å². The average Bonchev–Trinajstić information content (AvgIpc) is 3.50. The summed E-state index contributed by atoms with van der Waals surface area (Å²) < 4.78 is 13.4. The number of para-hydroxylation sites is 1. The van der Waals surface area contributed by atoms with Gasteiger partial charge in [0.2, 0.25) is 0 Å². The van der Waals surface area contributed by atoms with Crippen LogP contribution in [0.1, 0.15) is 22.7 Å². The zero-order chi connectivity index (χ0) is 27.2. The largest absolute Gasteiger partial charge is 0.482 e. The van der Waals surface area contributed by atoms with Crippen molar-refractivity contribution in [1.82, 2.24) is 20.2 Å². The average molecular weight is 580 g/mol. The molecule has 0 saturated carbocycles. The van der Waals surface area contributed by atoms with Crippen LogP contribution in [0, 0.1) is 6.92 Å². The van der Waals surface area contributed by atoms with E-state index in [2.05, 4.69) is 56.5 Å². The summed E-state index contributed by atoms with van der Waals surface area (Å²) in [6, 6.07) is 23.4. The third kappa shape index (κ3) is 6.62. The Labute approximate surface area is 239 Å². The standard InChI is InChI=1S/C28H23Cl2N5O3S/c1-18-22(21-9-5-6-10-24(21)35(18)15-19-7-3-2-4-8-19)14-31-32-26(36)17-39-28-34-33-27(38-28)16-37-25-12-11-20(29)13-23(25)30/h2-14H,15-17H2,1H3,(H,32,36)/b31-14-. The summed E-state index contributed by atoms with van der Waals surface area (Å²) in [5, 5.41) is 14.3. The number of hydrazone groups is 1.